The summed E-state index contributed by atoms with van der Waals surface area (Å²) in [6, 6.07) is 3.12. The van der Waals surface area contributed by atoms with E-state index in [1.807, 2.05) is 0 Å². The molecule has 5 N–H and O–H groups in total. The average Bonchev–Trinajstić information content (AvgIpc) is 3.85. The quantitative estimate of drug-likeness (QED) is 0.0131. The molecule has 0 aliphatic heterocycles. The Morgan fingerprint density at radius 3 is 2.52 bits per heavy atom. The van der Waals surface area contributed by atoms with Gasteiger partial charge in [0.2, 0.25) is 11.4 Å². The minimum absolute atomic E-state index is 0.00655. The zero-order valence-electron chi connectivity index (χ0n) is 35.3. The van der Waals surface area contributed by atoms with Crippen molar-refractivity contribution in [3.8, 4) is 0 Å². The van der Waals surface area contributed by atoms with Crippen LogP contribution in [0, 0.1) is 56.5 Å². The van der Waals surface area contributed by atoms with Gasteiger partial charge in [-0.15, -0.1) is 0 Å². The monoisotopic (exact) mass is 836 g/mol. The highest BCUT2D eigenvalue weighted by atomic mass is 16.6. The van der Waals surface area contributed by atoms with Crippen LogP contribution in [0.4, 0.5) is 5.69 Å². The summed E-state index contributed by atoms with van der Waals surface area (Å²) in [6.07, 6.45) is 14.2. The molecule has 1 heterocycles. The summed E-state index contributed by atoms with van der Waals surface area (Å²) in [5.41, 5.74) is 20.8. The number of fused-ring (bicyclic) bond motifs is 6. The molecule has 0 spiro atoms. The van der Waals surface area contributed by atoms with Crippen LogP contribution < -0.4 is 16.8 Å². The van der Waals surface area contributed by atoms with Crippen LogP contribution in [0.25, 0.3) is 21.5 Å². The van der Waals surface area contributed by atoms with E-state index in [0.717, 1.165) is 38.0 Å². The van der Waals surface area contributed by atoms with E-state index in [2.05, 4.69) is 44.5 Å². The molecule has 4 saturated carbocycles. The minimum Gasteiger partial charge on any atom is -0.463 e. The van der Waals surface area contributed by atoms with Gasteiger partial charge in [0.25, 0.3) is 0 Å². The number of nitro benzene ring substituents is 1. The number of esters is 1. The number of non-ortho nitro benzene ring substituents is 1. The number of azide groups is 1. The first kappa shape index (κ1) is 45.0. The number of amides is 1. The van der Waals surface area contributed by atoms with Gasteiger partial charge in [-0.25, -0.2) is 4.63 Å². The number of rotatable bonds is 22. The maximum absolute atomic E-state index is 14.1. The lowest BCUT2D eigenvalue weighted by atomic mass is 9.44. The average molecular weight is 837 g/mol. The molecule has 1 aromatic carbocycles. The van der Waals surface area contributed by atoms with Gasteiger partial charge in [-0.2, -0.15) is 0 Å². The number of nitrogens with one attached hydrogen (secondary N) is 1. The van der Waals surface area contributed by atoms with Gasteiger partial charge >= 0.3 is 11.7 Å². The largest absolute Gasteiger partial charge is 0.463 e. The van der Waals surface area contributed by atoms with Crippen molar-refractivity contribution in [2.24, 2.45) is 67.9 Å². The third-order valence-electron chi connectivity index (χ3n) is 14.9. The van der Waals surface area contributed by atoms with Crippen LogP contribution in [0.5, 0.6) is 0 Å². The molecule has 330 valence electrons. The van der Waals surface area contributed by atoms with Gasteiger partial charge in [-0.1, -0.05) is 19.0 Å². The van der Waals surface area contributed by atoms with Crippen LogP contribution >= 0.6 is 0 Å². The Hall–Kier alpha value is -4.54. The van der Waals surface area contributed by atoms with Gasteiger partial charge in [0.1, 0.15) is 12.1 Å². The van der Waals surface area contributed by atoms with E-state index in [4.69, 9.17) is 35.8 Å². The predicted molar refractivity (Wildman–Crippen MR) is 223 cm³/mol. The molecule has 60 heavy (non-hydrogen) atoms. The van der Waals surface area contributed by atoms with E-state index in [-0.39, 0.29) is 47.1 Å². The summed E-state index contributed by atoms with van der Waals surface area (Å²) >= 11 is 0. The number of nitro groups is 1. The van der Waals surface area contributed by atoms with E-state index in [9.17, 15) is 19.7 Å². The number of benzene rings is 1. The van der Waals surface area contributed by atoms with Crippen molar-refractivity contribution in [2.45, 2.75) is 116 Å². The molecule has 18 heteroatoms. The molecule has 4 fully saturated rings. The van der Waals surface area contributed by atoms with Crippen LogP contribution in [-0.4, -0.2) is 85.2 Å². The molecule has 0 bridgehead atoms. The number of aromatic nitrogens is 2. The molecule has 1 aromatic heterocycles. The number of aliphatic imine (C=N–C) groups is 1. The summed E-state index contributed by atoms with van der Waals surface area (Å²) in [5.74, 6) is 2.70. The Morgan fingerprint density at radius 2 is 1.73 bits per heavy atom. The highest BCUT2D eigenvalue weighted by Gasteiger charge is 2.60. The Labute approximate surface area is 351 Å². The maximum Gasteiger partial charge on any atom is 0.305 e. The number of hydrogen-bond acceptors (Lipinski definition) is 12. The van der Waals surface area contributed by atoms with Crippen LogP contribution in [0.15, 0.2) is 26.9 Å². The third kappa shape index (κ3) is 10.7. The molecule has 9 atom stereocenters. The number of nitrogens with zero attached hydrogens (tertiary/aromatic N) is 7. The van der Waals surface area contributed by atoms with Crippen molar-refractivity contribution in [1.82, 2.24) is 15.6 Å². The molecule has 1 unspecified atom stereocenters. The zero-order chi connectivity index (χ0) is 42.7. The van der Waals surface area contributed by atoms with Gasteiger partial charge in [0.15, 0.2) is 5.96 Å². The number of hydrogen-bond donors (Lipinski definition) is 3. The second kappa shape index (κ2) is 20.8. The van der Waals surface area contributed by atoms with Gasteiger partial charge in [0.05, 0.1) is 31.4 Å². The molecule has 18 nitrogen and oxygen atoms in total. The van der Waals surface area contributed by atoms with Crippen molar-refractivity contribution in [2.75, 3.05) is 46.1 Å². The van der Waals surface area contributed by atoms with Crippen molar-refractivity contribution >= 4 is 34.6 Å². The normalized spacial score (nSPS) is 28.7. The molecule has 1 amide bonds. The van der Waals surface area contributed by atoms with Crippen LogP contribution in [-0.2, 0) is 30.2 Å². The Morgan fingerprint density at radius 1 is 0.983 bits per heavy atom. The first-order valence-corrected chi connectivity index (χ1v) is 22.0. The molecule has 6 rings (SSSR count). The van der Waals surface area contributed by atoms with Gasteiger partial charge in [-0.05, 0) is 158 Å². The molecule has 2 aromatic rings. The number of guanidine groups is 1. The highest BCUT2D eigenvalue weighted by Crippen LogP contribution is 2.68. The van der Waals surface area contributed by atoms with E-state index in [1.54, 1.807) is 6.07 Å². The lowest BCUT2D eigenvalue weighted by molar-refractivity contribution is -0.383. The van der Waals surface area contributed by atoms with Crippen molar-refractivity contribution in [3.63, 3.8) is 0 Å². The fraction of sp³-hybridized carbons (Fsp3) is 0.786. The van der Waals surface area contributed by atoms with Crippen molar-refractivity contribution < 1.29 is 33.4 Å². The molecular weight excluding hydrogens is 773 g/mol. The first-order valence-electron chi connectivity index (χ1n) is 22.0. The fourth-order valence-electron chi connectivity index (χ4n) is 11.9. The molecule has 4 aliphatic rings. The Bertz CT molecular complexity index is 1870. The minimum atomic E-state index is -0.513. The first-order chi connectivity index (χ1) is 28.9. The summed E-state index contributed by atoms with van der Waals surface area (Å²) in [6.45, 7) is 7.47. The molecule has 0 radical (unpaired) electrons. The van der Waals surface area contributed by atoms with E-state index < -0.39 is 10.8 Å². The lowest BCUT2D eigenvalue weighted by Crippen LogP contribution is -2.55. The van der Waals surface area contributed by atoms with Crippen LogP contribution in [0.3, 0.4) is 0 Å². The fourth-order valence-corrected chi connectivity index (χ4v) is 11.9. The van der Waals surface area contributed by atoms with Crippen LogP contribution in [0.2, 0.25) is 0 Å². The smallest absolute Gasteiger partial charge is 0.305 e. The number of ether oxygens (including phenoxy) is 3. The summed E-state index contributed by atoms with van der Waals surface area (Å²) < 4.78 is 21.1. The van der Waals surface area contributed by atoms with Crippen molar-refractivity contribution in [3.05, 3.63) is 38.3 Å². The number of nitrogens with two attached hydrogens (primary N) is 2. The van der Waals surface area contributed by atoms with Crippen LogP contribution in [0.1, 0.15) is 109 Å². The Kier molecular flexibility index (Phi) is 15.6. The van der Waals surface area contributed by atoms with E-state index in [1.165, 1.54) is 44.6 Å². The van der Waals surface area contributed by atoms with Crippen molar-refractivity contribution in [1.29, 1.82) is 0 Å². The van der Waals surface area contributed by atoms with E-state index >= 15 is 0 Å². The Balaban J connectivity index is 0.975. The molecular formula is C42H64N10O8. The number of carbonyl (C=O) groups is 2. The topological polar surface area (TPSA) is 269 Å². The SMILES string of the molecule is C[C@]12CC[C@@H](NC(=O)[C@H](CCCN=C(N)N)Cc3ccc([N+](=O)[O-])c4nonc34)C[C@H]1CC[C@@H]1[C@@H]2CC[C@]2(C)C(CCCC(=O)OCCOCCOCCN=[N+]=[N-])CC[C@@H]12. The standard InChI is InChI=1S/C42H64N10O8/c1-41-17-15-34-32(33(41)12-10-29(41)6-3-7-36(53)59-24-23-58-22-21-57-20-19-47-51-45)11-9-30-26-31(14-16-42(30,34)2)48-39(54)28(5-4-18-46-40(43)44)25-27-8-13-35(52(55)56)38-37(27)49-60-50-38/h8,13,28-34H,3-7,9-12,14-26H2,1-2H3,(H,48,54)(H4,43,44,46)/t28-,29?,30-,31-,32+,33+,34+,41-,42+/m1/s1. The van der Waals surface area contributed by atoms with Gasteiger partial charge in [0, 0.05) is 42.4 Å². The maximum atomic E-state index is 14.1. The second-order valence-electron chi connectivity index (χ2n) is 18.1. The molecule has 4 aliphatic carbocycles. The van der Waals surface area contributed by atoms with E-state index in [0.29, 0.717) is 105 Å². The molecule has 0 saturated heterocycles. The highest BCUT2D eigenvalue weighted by molar-refractivity contribution is 5.87. The van der Waals surface area contributed by atoms with Gasteiger partial charge in [-0.3, -0.25) is 24.7 Å². The zero-order valence-corrected chi connectivity index (χ0v) is 35.3. The summed E-state index contributed by atoms with van der Waals surface area (Å²) in [7, 11) is 0. The summed E-state index contributed by atoms with van der Waals surface area (Å²) in [5, 5.41) is 26.2. The predicted octanol–water partition coefficient (Wildman–Crippen LogP) is 6.54. The second-order valence-corrected chi connectivity index (χ2v) is 18.1. The number of carbonyl (C=O) groups excluding carboxylic acids is 2. The van der Waals surface area contributed by atoms with Gasteiger partial charge < -0.3 is 31.0 Å². The summed E-state index contributed by atoms with van der Waals surface area (Å²) in [4.78, 5) is 44.4. The third-order valence-corrected chi connectivity index (χ3v) is 14.9. The lowest BCUT2D eigenvalue weighted by Gasteiger charge is -2.61.